The van der Waals surface area contributed by atoms with Gasteiger partial charge in [-0.25, -0.2) is 0 Å². The summed E-state index contributed by atoms with van der Waals surface area (Å²) in [6, 6.07) is 22.5. The molecular weight excluding hydrogens is 344 g/mol. The quantitative estimate of drug-likeness (QED) is 0.480. The summed E-state index contributed by atoms with van der Waals surface area (Å²) in [4.78, 5) is 16.2. The number of carbonyl (C=O) groups is 1. The fraction of sp³-hybridized carbons (Fsp3) is 0.0952. The maximum atomic E-state index is 11.9. The van der Waals surface area contributed by atoms with Crippen molar-refractivity contribution in [3.05, 3.63) is 84.2 Å². The second-order valence-corrected chi connectivity index (χ2v) is 6.49. The molecule has 5 heteroatoms. The van der Waals surface area contributed by atoms with Crippen molar-refractivity contribution in [1.82, 2.24) is 4.98 Å². The molecule has 0 aliphatic rings. The molecule has 0 saturated carbocycles. The van der Waals surface area contributed by atoms with E-state index in [-0.39, 0.29) is 11.7 Å². The first-order chi connectivity index (χ1) is 12.7. The van der Waals surface area contributed by atoms with Crippen LogP contribution >= 0.6 is 11.8 Å². The molecule has 128 valence electrons. The van der Waals surface area contributed by atoms with Crippen molar-refractivity contribution in [2.45, 2.75) is 5.75 Å². The monoisotopic (exact) mass is 360 g/mol. The van der Waals surface area contributed by atoms with Crippen LogP contribution in [-0.2, 0) is 10.5 Å². The number of nitriles is 1. The molecule has 0 fully saturated rings. The summed E-state index contributed by atoms with van der Waals surface area (Å²) >= 11 is 1.47. The normalized spacial score (nSPS) is 10.1. The second kappa shape index (κ2) is 8.84. The lowest BCUT2D eigenvalue weighted by Gasteiger charge is -2.06. The van der Waals surface area contributed by atoms with E-state index >= 15 is 0 Å². The SMILES string of the molecule is N#Cc1ccc(-c2ccc(OC(=O)CSCc3ccccn3)cc2)cc1. The van der Waals surface area contributed by atoms with E-state index in [9.17, 15) is 4.79 Å². The number of rotatable bonds is 6. The van der Waals surface area contributed by atoms with Gasteiger partial charge in [0.15, 0.2) is 0 Å². The molecule has 1 aromatic heterocycles. The Morgan fingerprint density at radius 1 is 1.00 bits per heavy atom. The molecular formula is C21H16N2O2S. The minimum atomic E-state index is -0.281. The van der Waals surface area contributed by atoms with Gasteiger partial charge in [-0.2, -0.15) is 5.26 Å². The van der Waals surface area contributed by atoms with Crippen molar-refractivity contribution >= 4 is 17.7 Å². The van der Waals surface area contributed by atoms with E-state index in [2.05, 4.69) is 11.1 Å². The summed E-state index contributed by atoms with van der Waals surface area (Å²) in [5.41, 5.74) is 3.58. The highest BCUT2D eigenvalue weighted by Crippen LogP contribution is 2.23. The number of benzene rings is 2. The zero-order valence-corrected chi connectivity index (χ0v) is 14.8. The third kappa shape index (κ3) is 4.95. The number of hydrogen-bond donors (Lipinski definition) is 0. The lowest BCUT2D eigenvalue weighted by atomic mass is 10.0. The zero-order chi connectivity index (χ0) is 18.2. The average Bonchev–Trinajstić information content (AvgIpc) is 2.69. The van der Waals surface area contributed by atoms with Crippen LogP contribution in [0.3, 0.4) is 0 Å². The average molecular weight is 360 g/mol. The van der Waals surface area contributed by atoms with Crippen molar-refractivity contribution in [2.24, 2.45) is 0 Å². The molecule has 0 bridgehead atoms. The van der Waals surface area contributed by atoms with E-state index < -0.39 is 0 Å². The van der Waals surface area contributed by atoms with E-state index in [0.717, 1.165) is 16.8 Å². The first kappa shape index (κ1) is 17.7. The lowest BCUT2D eigenvalue weighted by Crippen LogP contribution is -2.10. The Labute approximate surface area is 156 Å². The Bertz CT molecular complexity index is 901. The fourth-order valence-electron chi connectivity index (χ4n) is 2.34. The maximum absolute atomic E-state index is 11.9. The van der Waals surface area contributed by atoms with Crippen LogP contribution in [0.25, 0.3) is 11.1 Å². The number of hydrogen-bond acceptors (Lipinski definition) is 5. The van der Waals surface area contributed by atoms with Crippen LogP contribution in [0.5, 0.6) is 5.75 Å². The second-order valence-electron chi connectivity index (χ2n) is 5.50. The molecule has 3 aromatic rings. The number of thioether (sulfide) groups is 1. The highest BCUT2D eigenvalue weighted by molar-refractivity contribution is 7.99. The Kier molecular flexibility index (Phi) is 6.02. The van der Waals surface area contributed by atoms with Crippen LogP contribution in [-0.4, -0.2) is 16.7 Å². The minimum Gasteiger partial charge on any atom is -0.426 e. The van der Waals surface area contributed by atoms with Gasteiger partial charge in [0.25, 0.3) is 0 Å². The third-order valence-corrected chi connectivity index (χ3v) is 4.57. The molecule has 0 unspecified atom stereocenters. The summed E-state index contributed by atoms with van der Waals surface area (Å²) in [7, 11) is 0. The van der Waals surface area contributed by atoms with Crippen LogP contribution in [0.2, 0.25) is 0 Å². The molecule has 0 amide bonds. The van der Waals surface area contributed by atoms with Crippen molar-refractivity contribution < 1.29 is 9.53 Å². The zero-order valence-electron chi connectivity index (χ0n) is 14.0. The minimum absolute atomic E-state index is 0.272. The Balaban J connectivity index is 1.51. The van der Waals surface area contributed by atoms with Crippen LogP contribution in [0.15, 0.2) is 72.9 Å². The van der Waals surface area contributed by atoms with E-state index in [1.54, 1.807) is 30.5 Å². The molecule has 26 heavy (non-hydrogen) atoms. The van der Waals surface area contributed by atoms with E-state index in [1.807, 2.05) is 42.5 Å². The number of pyridine rings is 1. The smallest absolute Gasteiger partial charge is 0.321 e. The highest BCUT2D eigenvalue weighted by Gasteiger charge is 2.06. The number of ether oxygens (including phenoxy) is 1. The summed E-state index contributed by atoms with van der Waals surface area (Å²) in [5.74, 6) is 1.18. The number of nitrogens with zero attached hydrogens (tertiary/aromatic N) is 2. The van der Waals surface area contributed by atoms with Gasteiger partial charge in [-0.15, -0.1) is 11.8 Å². The lowest BCUT2D eigenvalue weighted by molar-refractivity contribution is -0.131. The summed E-state index contributed by atoms with van der Waals surface area (Å²) < 4.78 is 5.36. The number of carbonyl (C=O) groups excluding carboxylic acids is 1. The van der Waals surface area contributed by atoms with E-state index in [0.29, 0.717) is 17.1 Å². The van der Waals surface area contributed by atoms with Gasteiger partial charge in [-0.3, -0.25) is 9.78 Å². The van der Waals surface area contributed by atoms with Crippen LogP contribution in [0, 0.1) is 11.3 Å². The third-order valence-electron chi connectivity index (χ3n) is 3.63. The van der Waals surface area contributed by atoms with Gasteiger partial charge in [-0.1, -0.05) is 30.3 Å². The van der Waals surface area contributed by atoms with Gasteiger partial charge in [0.1, 0.15) is 5.75 Å². The van der Waals surface area contributed by atoms with Gasteiger partial charge in [0.05, 0.1) is 23.1 Å². The van der Waals surface area contributed by atoms with Crippen molar-refractivity contribution in [2.75, 3.05) is 5.75 Å². The summed E-state index contributed by atoms with van der Waals surface area (Å²) in [5, 5.41) is 8.84. The predicted octanol–water partition coefficient (Wildman–Crippen LogP) is 4.46. The van der Waals surface area contributed by atoms with E-state index in [4.69, 9.17) is 10.00 Å². The van der Waals surface area contributed by atoms with Gasteiger partial charge >= 0.3 is 5.97 Å². The van der Waals surface area contributed by atoms with Gasteiger partial charge in [-0.05, 0) is 47.5 Å². The molecule has 3 rings (SSSR count). The van der Waals surface area contributed by atoms with Gasteiger partial charge in [0, 0.05) is 11.9 Å². The maximum Gasteiger partial charge on any atom is 0.321 e. The molecule has 0 radical (unpaired) electrons. The summed E-state index contributed by atoms with van der Waals surface area (Å²) in [6.07, 6.45) is 1.74. The van der Waals surface area contributed by atoms with Gasteiger partial charge < -0.3 is 4.74 Å². The molecule has 2 aromatic carbocycles. The Morgan fingerprint density at radius 3 is 2.31 bits per heavy atom. The van der Waals surface area contributed by atoms with Crippen LogP contribution < -0.4 is 4.74 Å². The predicted molar refractivity (Wildman–Crippen MR) is 103 cm³/mol. The number of esters is 1. The molecule has 0 aliphatic heterocycles. The molecule has 0 aliphatic carbocycles. The molecule has 0 spiro atoms. The first-order valence-corrected chi connectivity index (χ1v) is 9.19. The van der Waals surface area contributed by atoms with Gasteiger partial charge in [0.2, 0.25) is 0 Å². The molecule has 1 heterocycles. The fourth-order valence-corrected chi connectivity index (χ4v) is 3.04. The van der Waals surface area contributed by atoms with Crippen molar-refractivity contribution in [3.63, 3.8) is 0 Å². The van der Waals surface area contributed by atoms with Crippen molar-refractivity contribution in [1.29, 1.82) is 5.26 Å². The van der Waals surface area contributed by atoms with Crippen molar-refractivity contribution in [3.8, 4) is 22.9 Å². The van der Waals surface area contributed by atoms with E-state index in [1.165, 1.54) is 11.8 Å². The molecule has 0 atom stereocenters. The number of aromatic nitrogens is 1. The largest absolute Gasteiger partial charge is 0.426 e. The highest BCUT2D eigenvalue weighted by atomic mass is 32.2. The molecule has 0 N–H and O–H groups in total. The van der Waals surface area contributed by atoms with Crippen LogP contribution in [0.4, 0.5) is 0 Å². The Hall–Kier alpha value is -3.10. The topological polar surface area (TPSA) is 63.0 Å². The van der Waals surface area contributed by atoms with Crippen LogP contribution in [0.1, 0.15) is 11.3 Å². The summed E-state index contributed by atoms with van der Waals surface area (Å²) in [6.45, 7) is 0. The molecule has 4 nitrogen and oxygen atoms in total. The standard InChI is InChI=1S/C21H16N2O2S/c22-13-16-4-6-17(7-5-16)18-8-10-20(11-9-18)25-21(24)15-26-14-19-3-1-2-12-23-19/h1-12H,14-15H2. The Morgan fingerprint density at radius 2 is 1.69 bits per heavy atom. The molecule has 0 saturated heterocycles. The first-order valence-electron chi connectivity index (χ1n) is 8.03.